The lowest BCUT2D eigenvalue weighted by molar-refractivity contribution is -0.112. The van der Waals surface area contributed by atoms with Crippen LogP contribution in [0.3, 0.4) is 0 Å². The topological polar surface area (TPSA) is 58.2 Å². The van der Waals surface area contributed by atoms with Crippen molar-refractivity contribution in [3.05, 3.63) is 105 Å². The minimum atomic E-state index is -0.275. The molecule has 0 aliphatic carbocycles. The Balaban J connectivity index is 1.69. The Kier molecular flexibility index (Phi) is 7.76. The third-order valence-corrected chi connectivity index (χ3v) is 5.34. The van der Waals surface area contributed by atoms with E-state index >= 15 is 0 Å². The summed E-state index contributed by atoms with van der Waals surface area (Å²) < 4.78 is 1.38. The van der Waals surface area contributed by atoms with Gasteiger partial charge in [0.2, 0.25) is 11.8 Å². The summed E-state index contributed by atoms with van der Waals surface area (Å²) in [5, 5.41) is 5.63. The number of hydrogen-bond donors (Lipinski definition) is 2. The largest absolute Gasteiger partial charge is 0.321 e. The molecular weight excluding hydrogens is 508 g/mol. The highest BCUT2D eigenvalue weighted by Crippen LogP contribution is 2.33. The van der Waals surface area contributed by atoms with Crippen molar-refractivity contribution in [3.8, 4) is 0 Å². The van der Waals surface area contributed by atoms with Crippen LogP contribution in [-0.4, -0.2) is 11.8 Å². The van der Waals surface area contributed by atoms with Crippen LogP contribution in [0.25, 0.3) is 12.2 Å². The monoisotopic (exact) mass is 524 g/mol. The van der Waals surface area contributed by atoms with Gasteiger partial charge in [-0.1, -0.05) is 60.7 Å². The first-order valence-electron chi connectivity index (χ1n) is 9.08. The lowest BCUT2D eigenvalue weighted by atomic mass is 10.2. The van der Waals surface area contributed by atoms with Gasteiger partial charge >= 0.3 is 0 Å². The molecule has 0 saturated heterocycles. The molecule has 0 fully saturated rings. The van der Waals surface area contributed by atoms with Gasteiger partial charge in [-0.15, -0.1) is 0 Å². The van der Waals surface area contributed by atoms with Gasteiger partial charge in [-0.3, -0.25) is 9.59 Å². The standard InChI is InChI=1S/C24H18Br2N2O2/c25-19-15-20(26)22(28-24(30)14-12-18-9-5-2-6-10-18)16-21(19)27-23(29)13-11-17-7-3-1-4-8-17/h1-16H,(H,27,29)(H,28,30). The molecule has 0 atom stereocenters. The zero-order valence-electron chi connectivity index (χ0n) is 15.8. The van der Waals surface area contributed by atoms with Crippen LogP contribution in [-0.2, 0) is 9.59 Å². The van der Waals surface area contributed by atoms with Crippen molar-refractivity contribution in [3.63, 3.8) is 0 Å². The molecule has 0 saturated carbocycles. The minimum Gasteiger partial charge on any atom is -0.321 e. The third kappa shape index (κ3) is 6.54. The minimum absolute atomic E-state index is 0.275. The molecule has 0 bridgehead atoms. The Labute approximate surface area is 192 Å². The Morgan fingerprint density at radius 2 is 1.03 bits per heavy atom. The van der Waals surface area contributed by atoms with Gasteiger partial charge in [-0.05, 0) is 67.3 Å². The van der Waals surface area contributed by atoms with Gasteiger partial charge in [-0.25, -0.2) is 0 Å². The average Bonchev–Trinajstić information content (AvgIpc) is 2.75. The van der Waals surface area contributed by atoms with Crippen LogP contribution in [0.15, 0.2) is 93.9 Å². The van der Waals surface area contributed by atoms with E-state index in [-0.39, 0.29) is 11.8 Å². The number of nitrogens with one attached hydrogen (secondary N) is 2. The van der Waals surface area contributed by atoms with Gasteiger partial charge in [0, 0.05) is 21.1 Å². The van der Waals surface area contributed by atoms with E-state index in [1.165, 1.54) is 12.2 Å². The molecule has 3 rings (SSSR count). The summed E-state index contributed by atoms with van der Waals surface area (Å²) in [5.74, 6) is -0.550. The second kappa shape index (κ2) is 10.7. The van der Waals surface area contributed by atoms with Crippen LogP contribution in [0, 0.1) is 0 Å². The number of hydrogen-bond acceptors (Lipinski definition) is 2. The van der Waals surface area contributed by atoms with Crippen molar-refractivity contribution in [1.82, 2.24) is 0 Å². The van der Waals surface area contributed by atoms with Gasteiger partial charge in [0.15, 0.2) is 0 Å². The van der Waals surface area contributed by atoms with E-state index in [2.05, 4.69) is 42.5 Å². The molecule has 0 radical (unpaired) electrons. The normalized spacial score (nSPS) is 11.0. The fourth-order valence-corrected chi connectivity index (χ4v) is 3.75. The van der Waals surface area contributed by atoms with Gasteiger partial charge in [0.1, 0.15) is 0 Å². The first-order valence-corrected chi connectivity index (χ1v) is 10.7. The molecule has 2 amide bonds. The number of carbonyl (C=O) groups excluding carboxylic acids is 2. The van der Waals surface area contributed by atoms with Crippen LogP contribution in [0.1, 0.15) is 11.1 Å². The van der Waals surface area contributed by atoms with Crippen LogP contribution < -0.4 is 10.6 Å². The highest BCUT2D eigenvalue weighted by atomic mass is 79.9. The molecule has 150 valence electrons. The number of rotatable bonds is 6. The maximum absolute atomic E-state index is 12.3. The molecule has 0 spiro atoms. The zero-order chi connectivity index (χ0) is 21.3. The molecule has 0 heterocycles. The van der Waals surface area contributed by atoms with Gasteiger partial charge < -0.3 is 10.6 Å². The Hall–Kier alpha value is -2.96. The van der Waals surface area contributed by atoms with Gasteiger partial charge in [0.05, 0.1) is 11.4 Å². The molecule has 6 heteroatoms. The second-order valence-corrected chi connectivity index (χ2v) is 7.99. The number of benzene rings is 3. The van der Waals surface area contributed by atoms with E-state index in [1.54, 1.807) is 24.3 Å². The average molecular weight is 526 g/mol. The Morgan fingerprint density at radius 3 is 1.43 bits per heavy atom. The first kappa shape index (κ1) is 21.7. The van der Waals surface area contributed by atoms with E-state index in [0.717, 1.165) is 11.1 Å². The Bertz CT molecular complexity index is 1010. The van der Waals surface area contributed by atoms with E-state index in [4.69, 9.17) is 0 Å². The summed E-state index contributed by atoms with van der Waals surface area (Å²) in [4.78, 5) is 24.6. The van der Waals surface area contributed by atoms with Crippen molar-refractivity contribution in [1.29, 1.82) is 0 Å². The lowest BCUT2D eigenvalue weighted by Crippen LogP contribution is -2.11. The quantitative estimate of drug-likeness (QED) is 0.360. The Morgan fingerprint density at radius 1 is 0.633 bits per heavy atom. The van der Waals surface area contributed by atoms with E-state index in [0.29, 0.717) is 20.3 Å². The number of amides is 2. The van der Waals surface area contributed by atoms with Gasteiger partial charge in [-0.2, -0.15) is 0 Å². The summed E-state index contributed by atoms with van der Waals surface area (Å²) in [6.07, 6.45) is 6.40. The number of halogens is 2. The van der Waals surface area contributed by atoms with Gasteiger partial charge in [0.25, 0.3) is 0 Å². The zero-order valence-corrected chi connectivity index (χ0v) is 19.0. The summed E-state index contributed by atoms with van der Waals surface area (Å²) in [6, 6.07) is 22.6. The summed E-state index contributed by atoms with van der Waals surface area (Å²) in [7, 11) is 0. The smallest absolute Gasteiger partial charge is 0.248 e. The summed E-state index contributed by atoms with van der Waals surface area (Å²) in [5.41, 5.74) is 2.95. The molecule has 0 aliphatic rings. The maximum atomic E-state index is 12.3. The third-order valence-electron chi connectivity index (χ3n) is 4.03. The molecule has 0 unspecified atom stereocenters. The first-order chi connectivity index (χ1) is 14.5. The molecule has 3 aromatic rings. The highest BCUT2D eigenvalue weighted by molar-refractivity contribution is 9.11. The van der Waals surface area contributed by atoms with Crippen LogP contribution in [0.2, 0.25) is 0 Å². The highest BCUT2D eigenvalue weighted by Gasteiger charge is 2.10. The second-order valence-electron chi connectivity index (χ2n) is 6.28. The van der Waals surface area contributed by atoms with Crippen molar-refractivity contribution < 1.29 is 9.59 Å². The molecule has 30 heavy (non-hydrogen) atoms. The molecule has 2 N–H and O–H groups in total. The summed E-state index contributed by atoms with van der Waals surface area (Å²) in [6.45, 7) is 0. The predicted octanol–water partition coefficient (Wildman–Crippen LogP) is 6.52. The van der Waals surface area contributed by atoms with Crippen LogP contribution >= 0.6 is 31.9 Å². The summed E-state index contributed by atoms with van der Waals surface area (Å²) >= 11 is 6.88. The molecular formula is C24H18Br2N2O2. The fraction of sp³-hybridized carbons (Fsp3) is 0. The molecule has 0 aliphatic heterocycles. The van der Waals surface area contributed by atoms with E-state index in [9.17, 15) is 9.59 Å². The molecule has 3 aromatic carbocycles. The molecule has 0 aromatic heterocycles. The van der Waals surface area contributed by atoms with E-state index in [1.807, 2.05) is 60.7 Å². The van der Waals surface area contributed by atoms with Crippen molar-refractivity contribution in [2.24, 2.45) is 0 Å². The number of anilines is 2. The van der Waals surface area contributed by atoms with Crippen LogP contribution in [0.4, 0.5) is 11.4 Å². The predicted molar refractivity (Wildman–Crippen MR) is 130 cm³/mol. The van der Waals surface area contributed by atoms with Crippen molar-refractivity contribution >= 4 is 67.2 Å². The van der Waals surface area contributed by atoms with Crippen molar-refractivity contribution in [2.45, 2.75) is 0 Å². The SMILES string of the molecule is O=C(C=Cc1ccccc1)Nc1cc(NC(=O)C=Cc2ccccc2)c(Br)cc1Br. The molecule has 4 nitrogen and oxygen atoms in total. The fourth-order valence-electron chi connectivity index (χ4n) is 2.56. The number of carbonyl (C=O) groups is 2. The van der Waals surface area contributed by atoms with E-state index < -0.39 is 0 Å². The maximum Gasteiger partial charge on any atom is 0.248 e. The van der Waals surface area contributed by atoms with Crippen molar-refractivity contribution in [2.75, 3.05) is 10.6 Å². The van der Waals surface area contributed by atoms with Crippen LogP contribution in [0.5, 0.6) is 0 Å². The lowest BCUT2D eigenvalue weighted by Gasteiger charge is -2.11.